The van der Waals surface area contributed by atoms with Crippen LogP contribution < -0.4 is 5.32 Å². The van der Waals surface area contributed by atoms with E-state index in [4.69, 9.17) is 0 Å². The second-order valence-electron chi connectivity index (χ2n) is 6.41. The molecule has 0 bridgehead atoms. The molecular weight excluding hydrogens is 250 g/mol. The Bertz CT molecular complexity index is 561. The first kappa shape index (κ1) is 13.1. The molecular formula is C15H21N5. The minimum Gasteiger partial charge on any atom is -0.382 e. The molecule has 3 rings (SSSR count). The lowest BCUT2D eigenvalue weighted by Crippen LogP contribution is -2.31. The molecule has 1 saturated carbocycles. The van der Waals surface area contributed by atoms with Crippen molar-refractivity contribution in [1.29, 1.82) is 0 Å². The van der Waals surface area contributed by atoms with Crippen molar-refractivity contribution in [2.24, 2.45) is 5.41 Å². The molecule has 1 aromatic heterocycles. The zero-order valence-corrected chi connectivity index (χ0v) is 12.1. The maximum Gasteiger partial charge on any atom is 0.143 e. The van der Waals surface area contributed by atoms with Crippen LogP contribution in [-0.2, 0) is 0 Å². The van der Waals surface area contributed by atoms with Crippen LogP contribution in [0.1, 0.15) is 39.5 Å². The summed E-state index contributed by atoms with van der Waals surface area (Å²) < 4.78 is 1.68. The highest BCUT2D eigenvalue weighted by Gasteiger charge is 2.27. The van der Waals surface area contributed by atoms with Gasteiger partial charge in [0.05, 0.1) is 5.69 Å². The molecule has 1 aliphatic rings. The van der Waals surface area contributed by atoms with E-state index in [-0.39, 0.29) is 0 Å². The van der Waals surface area contributed by atoms with Gasteiger partial charge in [-0.25, -0.2) is 4.68 Å². The summed E-state index contributed by atoms with van der Waals surface area (Å²) in [5.41, 5.74) is 2.57. The molecule has 1 aliphatic carbocycles. The lowest BCUT2D eigenvalue weighted by Gasteiger charge is -2.36. The van der Waals surface area contributed by atoms with Crippen molar-refractivity contribution in [3.8, 4) is 5.69 Å². The summed E-state index contributed by atoms with van der Waals surface area (Å²) in [6, 6.07) is 8.80. The van der Waals surface area contributed by atoms with Gasteiger partial charge in [0.15, 0.2) is 0 Å². The monoisotopic (exact) mass is 271 g/mol. The van der Waals surface area contributed by atoms with Gasteiger partial charge in [-0.3, -0.25) is 0 Å². The van der Waals surface area contributed by atoms with E-state index in [0.29, 0.717) is 11.5 Å². The number of tetrazole rings is 1. The zero-order chi connectivity index (χ0) is 14.0. The normalized spacial score (nSPS) is 21.6. The van der Waals surface area contributed by atoms with Crippen LogP contribution in [0.2, 0.25) is 0 Å². The number of nitrogens with zero attached hydrogens (tertiary/aromatic N) is 4. The Morgan fingerprint density at radius 1 is 1.35 bits per heavy atom. The van der Waals surface area contributed by atoms with Crippen LogP contribution in [-0.4, -0.2) is 26.2 Å². The fraction of sp³-hybridized carbons (Fsp3) is 0.533. The maximum absolute atomic E-state index is 3.93. The minimum atomic E-state index is 0.448. The second-order valence-corrected chi connectivity index (χ2v) is 6.41. The molecule has 5 nitrogen and oxygen atoms in total. The topological polar surface area (TPSA) is 55.6 Å². The molecule has 1 atom stereocenters. The van der Waals surface area contributed by atoms with Crippen LogP contribution in [0.5, 0.6) is 0 Å². The average Bonchev–Trinajstić information content (AvgIpc) is 2.91. The Morgan fingerprint density at radius 2 is 2.25 bits per heavy atom. The first-order chi connectivity index (χ1) is 9.62. The fourth-order valence-electron chi connectivity index (χ4n) is 3.07. The zero-order valence-electron chi connectivity index (χ0n) is 12.1. The molecule has 1 heterocycles. The fourth-order valence-corrected chi connectivity index (χ4v) is 3.07. The van der Waals surface area contributed by atoms with Crippen molar-refractivity contribution in [3.63, 3.8) is 0 Å². The molecule has 2 aromatic rings. The number of benzene rings is 1. The number of hydrogen-bond acceptors (Lipinski definition) is 4. The van der Waals surface area contributed by atoms with E-state index in [0.717, 1.165) is 11.4 Å². The van der Waals surface area contributed by atoms with Gasteiger partial charge in [0.1, 0.15) is 6.33 Å². The lowest BCUT2D eigenvalue weighted by molar-refractivity contribution is 0.229. The number of hydrogen-bond donors (Lipinski definition) is 1. The molecule has 0 saturated heterocycles. The van der Waals surface area contributed by atoms with Gasteiger partial charge in [0, 0.05) is 11.7 Å². The van der Waals surface area contributed by atoms with Crippen LogP contribution >= 0.6 is 0 Å². The smallest absolute Gasteiger partial charge is 0.143 e. The van der Waals surface area contributed by atoms with Gasteiger partial charge < -0.3 is 5.32 Å². The standard InChI is InChI=1S/C15H21N5/c1-15(2)8-4-6-13(10-15)17-12-5-3-7-14(9-12)20-11-16-18-19-20/h3,5,7,9,11,13,17H,4,6,8,10H2,1-2H3. The molecule has 0 aliphatic heterocycles. The van der Waals surface area contributed by atoms with Crippen molar-refractivity contribution in [3.05, 3.63) is 30.6 Å². The summed E-state index contributed by atoms with van der Waals surface area (Å²) in [5.74, 6) is 0. The first-order valence-corrected chi connectivity index (χ1v) is 7.22. The van der Waals surface area contributed by atoms with E-state index in [1.807, 2.05) is 12.1 Å². The maximum atomic E-state index is 3.93. The molecule has 106 valence electrons. The Labute approximate surface area is 119 Å². The highest BCUT2D eigenvalue weighted by molar-refractivity contribution is 5.51. The van der Waals surface area contributed by atoms with Crippen molar-refractivity contribution in [1.82, 2.24) is 20.2 Å². The quantitative estimate of drug-likeness (QED) is 0.932. The lowest BCUT2D eigenvalue weighted by atomic mass is 9.75. The van der Waals surface area contributed by atoms with Crippen LogP contribution in [0, 0.1) is 5.41 Å². The molecule has 1 aromatic carbocycles. The van der Waals surface area contributed by atoms with Gasteiger partial charge in [0.2, 0.25) is 0 Å². The summed E-state index contributed by atoms with van der Waals surface area (Å²) in [4.78, 5) is 0. The Hall–Kier alpha value is -1.91. The number of aromatic nitrogens is 4. The van der Waals surface area contributed by atoms with Gasteiger partial charge in [0.25, 0.3) is 0 Å². The number of anilines is 1. The summed E-state index contributed by atoms with van der Waals surface area (Å²) in [5, 5.41) is 14.9. The molecule has 1 N–H and O–H groups in total. The molecule has 1 fully saturated rings. The van der Waals surface area contributed by atoms with E-state index in [1.165, 1.54) is 25.7 Å². The van der Waals surface area contributed by atoms with Crippen molar-refractivity contribution in [2.45, 2.75) is 45.6 Å². The Balaban J connectivity index is 1.73. The summed E-state index contributed by atoms with van der Waals surface area (Å²) in [7, 11) is 0. The Morgan fingerprint density at radius 3 is 3.00 bits per heavy atom. The number of nitrogens with one attached hydrogen (secondary N) is 1. The average molecular weight is 271 g/mol. The molecule has 0 amide bonds. The SMILES string of the molecule is CC1(C)CCCC(Nc2cccc(-n3cnnn3)c2)C1. The van der Waals surface area contributed by atoms with E-state index < -0.39 is 0 Å². The highest BCUT2D eigenvalue weighted by Crippen LogP contribution is 2.36. The Kier molecular flexibility index (Phi) is 3.42. The first-order valence-electron chi connectivity index (χ1n) is 7.22. The predicted molar refractivity (Wildman–Crippen MR) is 78.8 cm³/mol. The molecule has 5 heteroatoms. The van der Waals surface area contributed by atoms with Gasteiger partial charge >= 0.3 is 0 Å². The van der Waals surface area contributed by atoms with E-state index >= 15 is 0 Å². The summed E-state index contributed by atoms with van der Waals surface area (Å²) in [6.45, 7) is 4.72. The van der Waals surface area contributed by atoms with Crippen LogP contribution in [0.3, 0.4) is 0 Å². The third-order valence-corrected chi connectivity index (χ3v) is 4.04. The minimum absolute atomic E-state index is 0.448. The third kappa shape index (κ3) is 2.98. The van der Waals surface area contributed by atoms with E-state index in [9.17, 15) is 0 Å². The van der Waals surface area contributed by atoms with Gasteiger partial charge in [-0.2, -0.15) is 0 Å². The highest BCUT2D eigenvalue weighted by atomic mass is 15.5. The second kappa shape index (κ2) is 5.23. The summed E-state index contributed by atoms with van der Waals surface area (Å²) >= 11 is 0. The van der Waals surface area contributed by atoms with Crippen LogP contribution in [0.4, 0.5) is 5.69 Å². The van der Waals surface area contributed by atoms with Crippen molar-refractivity contribution < 1.29 is 0 Å². The van der Waals surface area contributed by atoms with E-state index in [1.54, 1.807) is 11.0 Å². The van der Waals surface area contributed by atoms with Gasteiger partial charge in [-0.05, 0) is 53.3 Å². The largest absolute Gasteiger partial charge is 0.382 e. The van der Waals surface area contributed by atoms with Gasteiger partial charge in [-0.1, -0.05) is 26.3 Å². The molecule has 1 unspecified atom stereocenters. The molecule has 20 heavy (non-hydrogen) atoms. The third-order valence-electron chi connectivity index (χ3n) is 4.04. The summed E-state index contributed by atoms with van der Waals surface area (Å²) in [6.07, 6.45) is 6.72. The van der Waals surface area contributed by atoms with E-state index in [2.05, 4.69) is 46.8 Å². The molecule has 0 radical (unpaired) electrons. The van der Waals surface area contributed by atoms with Crippen LogP contribution in [0.15, 0.2) is 30.6 Å². The van der Waals surface area contributed by atoms with Crippen LogP contribution in [0.25, 0.3) is 5.69 Å². The predicted octanol–water partition coefficient (Wildman–Crippen LogP) is 3.04. The van der Waals surface area contributed by atoms with Gasteiger partial charge in [-0.15, -0.1) is 5.10 Å². The molecule has 0 spiro atoms. The van der Waals surface area contributed by atoms with Crippen molar-refractivity contribution in [2.75, 3.05) is 5.32 Å². The number of rotatable bonds is 3. The van der Waals surface area contributed by atoms with Crippen molar-refractivity contribution >= 4 is 5.69 Å².